The Hall–Kier alpha value is -3.35. The lowest BCUT2D eigenvalue weighted by atomic mass is 9.98. The number of carbonyl (C=O) groups excluding carboxylic acids is 1. The fourth-order valence-electron chi connectivity index (χ4n) is 4.95. The van der Waals surface area contributed by atoms with Crippen molar-refractivity contribution in [3.63, 3.8) is 0 Å². The van der Waals surface area contributed by atoms with Gasteiger partial charge in [0.2, 0.25) is 10.0 Å². The number of nitrogens with two attached hydrogens (primary N) is 1. The molecule has 0 amide bonds. The largest absolute Gasteiger partial charge is 0.398 e. The Morgan fingerprint density at radius 2 is 1.81 bits per heavy atom. The maximum Gasteiger partial charge on any atom is 0.244 e. The van der Waals surface area contributed by atoms with Gasteiger partial charge in [-0.2, -0.15) is 9.40 Å². The molecule has 2 aliphatic rings. The standard InChI is InChI=1S/C25H27F2N5O4S/c1-25(2)24-20(14-32(25)37(34,35)18-10-15(26)9-16(27)11-18)22(29-30-24)13-23(33)19-4-3-17(12-21(19)28)31-5-7-36-8-6-31/h3-4,9-12H,5-8,13-14,28H2,1-2H3,(H,29,30). The average molecular weight is 532 g/mol. The van der Waals surface area contributed by atoms with Crippen molar-refractivity contribution in [1.82, 2.24) is 14.5 Å². The zero-order chi connectivity index (χ0) is 26.5. The number of anilines is 2. The van der Waals surface area contributed by atoms with E-state index in [0.29, 0.717) is 47.5 Å². The number of Topliss-reactive ketones (excluding diaryl/α,β-unsaturated/α-hetero) is 1. The number of aromatic amines is 1. The van der Waals surface area contributed by atoms with Gasteiger partial charge in [-0.1, -0.05) is 0 Å². The van der Waals surface area contributed by atoms with E-state index in [1.165, 1.54) is 0 Å². The molecule has 1 aromatic heterocycles. The first-order valence-electron chi connectivity index (χ1n) is 11.8. The fraction of sp³-hybridized carbons (Fsp3) is 0.360. The molecule has 0 spiro atoms. The number of sulfonamides is 1. The molecule has 2 aromatic carbocycles. The molecule has 3 N–H and O–H groups in total. The van der Waals surface area contributed by atoms with Gasteiger partial charge in [0.25, 0.3) is 0 Å². The summed E-state index contributed by atoms with van der Waals surface area (Å²) in [6.45, 7) is 5.94. The molecule has 196 valence electrons. The lowest BCUT2D eigenvalue weighted by molar-refractivity contribution is 0.0992. The molecule has 5 rings (SSSR count). The van der Waals surface area contributed by atoms with E-state index in [1.54, 1.807) is 26.0 Å². The highest BCUT2D eigenvalue weighted by atomic mass is 32.2. The Morgan fingerprint density at radius 3 is 2.46 bits per heavy atom. The third-order valence-electron chi connectivity index (χ3n) is 6.93. The summed E-state index contributed by atoms with van der Waals surface area (Å²) in [5, 5.41) is 7.18. The van der Waals surface area contributed by atoms with Gasteiger partial charge in [-0.3, -0.25) is 9.89 Å². The second kappa shape index (κ2) is 9.19. The molecule has 1 saturated heterocycles. The van der Waals surface area contributed by atoms with Crippen LogP contribution < -0.4 is 10.6 Å². The molecule has 0 aliphatic carbocycles. The Kier molecular flexibility index (Phi) is 6.29. The summed E-state index contributed by atoms with van der Waals surface area (Å²) in [5.41, 5.74) is 8.21. The van der Waals surface area contributed by atoms with E-state index in [4.69, 9.17) is 10.5 Å². The first-order chi connectivity index (χ1) is 17.5. The predicted molar refractivity (Wildman–Crippen MR) is 133 cm³/mol. The third kappa shape index (κ3) is 4.49. The van der Waals surface area contributed by atoms with Crippen molar-refractivity contribution in [2.75, 3.05) is 36.9 Å². The number of nitrogens with one attached hydrogen (secondary N) is 1. The van der Waals surface area contributed by atoms with Gasteiger partial charge in [0.15, 0.2) is 5.78 Å². The van der Waals surface area contributed by atoms with Gasteiger partial charge in [-0.15, -0.1) is 0 Å². The van der Waals surface area contributed by atoms with Crippen LogP contribution in [-0.4, -0.2) is 55.0 Å². The van der Waals surface area contributed by atoms with E-state index in [-0.39, 0.29) is 18.7 Å². The molecule has 0 saturated carbocycles. The third-order valence-corrected chi connectivity index (χ3v) is 8.93. The monoisotopic (exact) mass is 531 g/mol. The lowest BCUT2D eigenvalue weighted by Gasteiger charge is -2.30. The maximum atomic E-state index is 13.8. The Bertz CT molecular complexity index is 1460. The molecule has 3 aromatic rings. The normalized spacial score (nSPS) is 17.7. The molecule has 9 nitrogen and oxygen atoms in total. The van der Waals surface area contributed by atoms with Crippen LogP contribution in [0.2, 0.25) is 0 Å². The zero-order valence-electron chi connectivity index (χ0n) is 20.4. The predicted octanol–water partition coefficient (Wildman–Crippen LogP) is 2.97. The summed E-state index contributed by atoms with van der Waals surface area (Å²) in [6.07, 6.45) is -0.0675. The smallest absolute Gasteiger partial charge is 0.244 e. The molecular formula is C25H27F2N5O4S. The number of ketones is 1. The van der Waals surface area contributed by atoms with E-state index in [1.807, 2.05) is 6.07 Å². The second-order valence-corrected chi connectivity index (χ2v) is 11.5. The van der Waals surface area contributed by atoms with Gasteiger partial charge < -0.3 is 15.4 Å². The number of halogens is 2. The van der Waals surface area contributed by atoms with Crippen LogP contribution in [0.4, 0.5) is 20.2 Å². The van der Waals surface area contributed by atoms with Crippen LogP contribution in [0.25, 0.3) is 0 Å². The van der Waals surface area contributed by atoms with Gasteiger partial charge in [0.1, 0.15) is 11.6 Å². The van der Waals surface area contributed by atoms with E-state index in [2.05, 4.69) is 15.1 Å². The average Bonchev–Trinajstić information content (AvgIpc) is 3.37. The lowest BCUT2D eigenvalue weighted by Crippen LogP contribution is -2.40. The number of ether oxygens (including phenoxy) is 1. The summed E-state index contributed by atoms with van der Waals surface area (Å²) >= 11 is 0. The van der Waals surface area contributed by atoms with Crippen LogP contribution in [0.15, 0.2) is 41.3 Å². The number of rotatable bonds is 6. The molecule has 3 heterocycles. The SMILES string of the molecule is CC1(C)c2n[nH]c(CC(=O)c3ccc(N4CCOCC4)cc3N)c2CN1S(=O)(=O)c1cc(F)cc(F)c1. The summed E-state index contributed by atoms with van der Waals surface area (Å²) < 4.78 is 60.8. The molecule has 0 atom stereocenters. The van der Waals surface area contributed by atoms with Crippen molar-refractivity contribution >= 4 is 27.2 Å². The van der Waals surface area contributed by atoms with E-state index in [9.17, 15) is 22.0 Å². The van der Waals surface area contributed by atoms with E-state index < -0.39 is 32.1 Å². The maximum absolute atomic E-state index is 13.8. The highest BCUT2D eigenvalue weighted by molar-refractivity contribution is 7.89. The second-order valence-electron chi connectivity index (χ2n) is 9.68. The quantitative estimate of drug-likeness (QED) is 0.371. The van der Waals surface area contributed by atoms with Crippen molar-refractivity contribution in [1.29, 1.82) is 0 Å². The minimum absolute atomic E-state index is 0.0675. The molecular weight excluding hydrogens is 504 g/mol. The number of benzene rings is 2. The molecule has 0 bridgehead atoms. The number of nitrogens with zero attached hydrogens (tertiary/aromatic N) is 3. The van der Waals surface area contributed by atoms with Gasteiger partial charge in [-0.05, 0) is 44.2 Å². The summed E-state index contributed by atoms with van der Waals surface area (Å²) in [4.78, 5) is 14.8. The van der Waals surface area contributed by atoms with Crippen molar-refractivity contribution in [2.24, 2.45) is 0 Å². The molecule has 1 fully saturated rings. The highest BCUT2D eigenvalue weighted by Crippen LogP contribution is 2.42. The zero-order valence-corrected chi connectivity index (χ0v) is 21.2. The number of fused-ring (bicyclic) bond motifs is 1. The van der Waals surface area contributed by atoms with Gasteiger partial charge in [-0.25, -0.2) is 17.2 Å². The minimum Gasteiger partial charge on any atom is -0.398 e. The number of aromatic nitrogens is 2. The first-order valence-corrected chi connectivity index (χ1v) is 13.2. The van der Waals surface area contributed by atoms with Crippen molar-refractivity contribution < 1.29 is 26.7 Å². The number of hydrogen-bond acceptors (Lipinski definition) is 7. The molecule has 2 aliphatic heterocycles. The van der Waals surface area contributed by atoms with Gasteiger partial charge >= 0.3 is 0 Å². The number of carbonyl (C=O) groups is 1. The first kappa shape index (κ1) is 25.3. The topological polar surface area (TPSA) is 122 Å². The summed E-state index contributed by atoms with van der Waals surface area (Å²) in [5.74, 6) is -2.22. The molecule has 37 heavy (non-hydrogen) atoms. The van der Waals surface area contributed by atoms with Crippen LogP contribution in [0.3, 0.4) is 0 Å². The number of nitrogen functional groups attached to an aromatic ring is 1. The molecule has 12 heteroatoms. The minimum atomic E-state index is -4.27. The number of H-pyrrole nitrogens is 1. The van der Waals surface area contributed by atoms with Crippen LogP contribution >= 0.6 is 0 Å². The summed E-state index contributed by atoms with van der Waals surface area (Å²) in [7, 11) is -4.27. The molecule has 0 unspecified atom stereocenters. The van der Waals surface area contributed by atoms with Gasteiger partial charge in [0, 0.05) is 53.9 Å². The number of morpholine rings is 1. The Morgan fingerprint density at radius 1 is 1.14 bits per heavy atom. The van der Waals surface area contributed by atoms with Crippen LogP contribution in [-0.2, 0) is 33.3 Å². The van der Waals surface area contributed by atoms with Crippen molar-refractivity contribution in [3.8, 4) is 0 Å². The summed E-state index contributed by atoms with van der Waals surface area (Å²) in [6, 6.07) is 7.49. The van der Waals surface area contributed by atoms with E-state index in [0.717, 1.165) is 35.2 Å². The fourth-order valence-corrected chi connectivity index (χ4v) is 6.72. The van der Waals surface area contributed by atoms with Crippen LogP contribution in [0.1, 0.15) is 41.2 Å². The van der Waals surface area contributed by atoms with Gasteiger partial charge in [0.05, 0.1) is 35.8 Å². The van der Waals surface area contributed by atoms with Crippen molar-refractivity contribution in [3.05, 3.63) is 70.5 Å². The number of hydrogen-bond donors (Lipinski definition) is 2. The van der Waals surface area contributed by atoms with Crippen molar-refractivity contribution in [2.45, 2.75) is 37.2 Å². The van der Waals surface area contributed by atoms with Crippen LogP contribution in [0.5, 0.6) is 0 Å². The van der Waals surface area contributed by atoms with E-state index >= 15 is 0 Å². The Labute approximate surface area is 213 Å². The van der Waals surface area contributed by atoms with Crippen LogP contribution in [0, 0.1) is 11.6 Å². The Balaban J connectivity index is 1.39. The molecule has 0 radical (unpaired) electrons. The highest BCUT2D eigenvalue weighted by Gasteiger charge is 2.48.